The highest BCUT2D eigenvalue weighted by molar-refractivity contribution is 7.99. The zero-order valence-corrected chi connectivity index (χ0v) is 18.9. The lowest BCUT2D eigenvalue weighted by molar-refractivity contribution is 0.0743. The highest BCUT2D eigenvalue weighted by Gasteiger charge is 2.25. The van der Waals surface area contributed by atoms with Gasteiger partial charge in [-0.2, -0.15) is 0 Å². The Morgan fingerprint density at radius 3 is 2.59 bits per heavy atom. The van der Waals surface area contributed by atoms with Crippen molar-refractivity contribution in [3.05, 3.63) is 53.6 Å². The predicted molar refractivity (Wildman–Crippen MR) is 125 cm³/mol. The molecule has 6 heteroatoms. The van der Waals surface area contributed by atoms with Crippen molar-refractivity contribution in [2.75, 3.05) is 36.8 Å². The minimum absolute atomic E-state index is 0.146. The number of para-hydroxylation sites is 1. The monoisotopic (exact) mass is 425 g/mol. The summed E-state index contributed by atoms with van der Waals surface area (Å²) >= 11 is 3.49. The van der Waals surface area contributed by atoms with Gasteiger partial charge < -0.3 is 9.80 Å². The first-order valence-corrected chi connectivity index (χ1v) is 12.0. The summed E-state index contributed by atoms with van der Waals surface area (Å²) in [7, 11) is 0. The maximum Gasteiger partial charge on any atom is 0.255 e. The van der Waals surface area contributed by atoms with Gasteiger partial charge in [-0.1, -0.05) is 56.4 Å². The topological polar surface area (TPSA) is 36.4 Å². The summed E-state index contributed by atoms with van der Waals surface area (Å²) in [5, 5.41) is 1.07. The Labute approximate surface area is 180 Å². The Morgan fingerprint density at radius 2 is 1.86 bits per heavy atom. The summed E-state index contributed by atoms with van der Waals surface area (Å²) in [4.78, 5) is 23.4. The van der Waals surface area contributed by atoms with Crippen LogP contribution in [0, 0.1) is 0 Å². The van der Waals surface area contributed by atoms with Crippen molar-refractivity contribution in [1.29, 1.82) is 0 Å². The third-order valence-corrected chi connectivity index (χ3v) is 7.35. The molecule has 0 atom stereocenters. The number of piperazine rings is 1. The molecule has 1 aromatic heterocycles. The van der Waals surface area contributed by atoms with E-state index in [4.69, 9.17) is 4.98 Å². The fourth-order valence-corrected chi connectivity index (χ4v) is 5.60. The zero-order chi connectivity index (χ0) is 20.4. The highest BCUT2D eigenvalue weighted by atomic mass is 32.2. The number of hydrogen-bond donors (Lipinski definition) is 0. The van der Waals surface area contributed by atoms with Crippen LogP contribution in [0.25, 0.3) is 10.2 Å². The Morgan fingerprint density at radius 1 is 1.10 bits per heavy atom. The Bertz CT molecular complexity index is 1010. The van der Waals surface area contributed by atoms with Gasteiger partial charge in [0, 0.05) is 31.1 Å². The average molecular weight is 426 g/mol. The van der Waals surface area contributed by atoms with Gasteiger partial charge >= 0.3 is 0 Å². The summed E-state index contributed by atoms with van der Waals surface area (Å²) in [6, 6.07) is 14.4. The number of thioether (sulfide) groups is 1. The maximum atomic E-state index is 13.1. The van der Waals surface area contributed by atoms with Crippen LogP contribution in [0.3, 0.4) is 0 Å². The van der Waals surface area contributed by atoms with Crippen molar-refractivity contribution in [1.82, 2.24) is 9.88 Å². The zero-order valence-electron chi connectivity index (χ0n) is 17.2. The molecule has 0 radical (unpaired) electrons. The van der Waals surface area contributed by atoms with Crippen molar-refractivity contribution in [2.24, 2.45) is 0 Å². The van der Waals surface area contributed by atoms with E-state index in [1.54, 1.807) is 23.1 Å². The lowest BCUT2D eigenvalue weighted by Crippen LogP contribution is -2.48. The number of anilines is 1. The van der Waals surface area contributed by atoms with Gasteiger partial charge in [0.05, 0.1) is 15.8 Å². The molecule has 1 aliphatic rings. The number of thiazole rings is 1. The van der Waals surface area contributed by atoms with Crippen molar-refractivity contribution >= 4 is 44.4 Å². The van der Waals surface area contributed by atoms with Crippen LogP contribution in [0.1, 0.15) is 42.6 Å². The van der Waals surface area contributed by atoms with Gasteiger partial charge in [0.15, 0.2) is 5.13 Å². The molecular weight excluding hydrogens is 398 g/mol. The molecule has 0 saturated carbocycles. The summed E-state index contributed by atoms with van der Waals surface area (Å²) < 4.78 is 1.25. The minimum atomic E-state index is 0.146. The molecule has 0 N–H and O–H groups in total. The third-order valence-electron chi connectivity index (χ3n) is 5.32. The number of aromatic nitrogens is 1. The molecule has 1 fully saturated rings. The molecule has 1 aliphatic heterocycles. The molecule has 1 amide bonds. The minimum Gasteiger partial charge on any atom is -0.345 e. The molecule has 2 heterocycles. The fraction of sp³-hybridized carbons (Fsp3) is 0.391. The number of carbonyl (C=O) groups is 1. The van der Waals surface area contributed by atoms with E-state index >= 15 is 0 Å². The number of benzene rings is 2. The first-order valence-electron chi connectivity index (χ1n) is 10.2. The SMILES string of the molecule is CCSc1ccccc1C(=O)N1CCN(c2nc3c(C(C)C)cccc3s2)CC1. The summed E-state index contributed by atoms with van der Waals surface area (Å²) in [5.74, 6) is 1.57. The van der Waals surface area contributed by atoms with Crippen molar-refractivity contribution in [3.8, 4) is 0 Å². The van der Waals surface area contributed by atoms with Crippen molar-refractivity contribution in [2.45, 2.75) is 31.6 Å². The number of nitrogens with zero attached hydrogens (tertiary/aromatic N) is 3. The van der Waals surface area contributed by atoms with Gasteiger partial charge in [-0.05, 0) is 35.4 Å². The number of fused-ring (bicyclic) bond motifs is 1. The lowest BCUT2D eigenvalue weighted by atomic mass is 10.0. The summed E-state index contributed by atoms with van der Waals surface area (Å²) in [6.07, 6.45) is 0. The normalized spacial score (nSPS) is 14.8. The smallest absolute Gasteiger partial charge is 0.255 e. The molecule has 0 aliphatic carbocycles. The molecule has 1 saturated heterocycles. The molecule has 4 rings (SSSR count). The second-order valence-corrected chi connectivity index (χ2v) is 9.87. The fourth-order valence-electron chi connectivity index (χ4n) is 3.76. The van der Waals surface area contributed by atoms with Gasteiger partial charge in [-0.25, -0.2) is 4.98 Å². The largest absolute Gasteiger partial charge is 0.345 e. The van der Waals surface area contributed by atoms with Gasteiger partial charge in [-0.15, -0.1) is 11.8 Å². The van der Waals surface area contributed by atoms with Crippen LogP contribution in [0.2, 0.25) is 0 Å². The molecule has 0 spiro atoms. The van der Waals surface area contributed by atoms with E-state index in [9.17, 15) is 4.79 Å². The Kier molecular flexibility index (Phi) is 6.11. The second-order valence-electron chi connectivity index (χ2n) is 7.55. The van der Waals surface area contributed by atoms with Gasteiger partial charge in [-0.3, -0.25) is 4.79 Å². The van der Waals surface area contributed by atoms with Crippen LogP contribution in [0.5, 0.6) is 0 Å². The van der Waals surface area contributed by atoms with Crippen molar-refractivity contribution in [3.63, 3.8) is 0 Å². The van der Waals surface area contributed by atoms with E-state index in [-0.39, 0.29) is 5.91 Å². The van der Waals surface area contributed by atoms with E-state index in [1.165, 1.54) is 10.3 Å². The first kappa shape index (κ1) is 20.2. The first-order chi connectivity index (χ1) is 14.1. The van der Waals surface area contributed by atoms with Crippen LogP contribution in [-0.4, -0.2) is 47.7 Å². The second kappa shape index (κ2) is 8.76. The van der Waals surface area contributed by atoms with E-state index in [2.05, 4.69) is 43.9 Å². The molecule has 152 valence electrons. The molecule has 0 bridgehead atoms. The number of carbonyl (C=O) groups excluding carboxylic acids is 1. The highest BCUT2D eigenvalue weighted by Crippen LogP contribution is 2.34. The van der Waals surface area contributed by atoms with Gasteiger partial charge in [0.25, 0.3) is 5.91 Å². The standard InChI is InChI=1S/C23H27N3OS2/c1-4-28-19-10-6-5-8-18(19)22(27)25-12-14-26(15-13-25)23-24-21-17(16(2)3)9-7-11-20(21)29-23/h5-11,16H,4,12-15H2,1-3H3. The Balaban J connectivity index is 1.48. The molecule has 0 unspecified atom stereocenters. The van der Waals surface area contributed by atoms with E-state index in [0.717, 1.165) is 53.0 Å². The molecule has 3 aromatic rings. The molecule has 2 aromatic carbocycles. The lowest BCUT2D eigenvalue weighted by Gasteiger charge is -2.34. The van der Waals surface area contributed by atoms with Crippen LogP contribution in [0.15, 0.2) is 47.4 Å². The summed E-state index contributed by atoms with van der Waals surface area (Å²) in [5.41, 5.74) is 3.27. The number of amides is 1. The van der Waals surface area contributed by atoms with Crippen LogP contribution in [0.4, 0.5) is 5.13 Å². The summed E-state index contributed by atoms with van der Waals surface area (Å²) in [6.45, 7) is 9.66. The van der Waals surface area contributed by atoms with E-state index < -0.39 is 0 Å². The number of rotatable bonds is 5. The van der Waals surface area contributed by atoms with Crippen molar-refractivity contribution < 1.29 is 4.79 Å². The Hall–Kier alpha value is -2.05. The van der Waals surface area contributed by atoms with Crippen LogP contribution in [-0.2, 0) is 0 Å². The van der Waals surface area contributed by atoms with Gasteiger partial charge in [0.1, 0.15) is 0 Å². The molecule has 4 nitrogen and oxygen atoms in total. The van der Waals surface area contributed by atoms with E-state index in [0.29, 0.717) is 5.92 Å². The number of hydrogen-bond acceptors (Lipinski definition) is 5. The van der Waals surface area contributed by atoms with Crippen LogP contribution >= 0.6 is 23.1 Å². The van der Waals surface area contributed by atoms with Crippen LogP contribution < -0.4 is 4.90 Å². The van der Waals surface area contributed by atoms with E-state index in [1.807, 2.05) is 29.2 Å². The van der Waals surface area contributed by atoms with Gasteiger partial charge in [0.2, 0.25) is 0 Å². The quantitative estimate of drug-likeness (QED) is 0.506. The third kappa shape index (κ3) is 4.14. The average Bonchev–Trinajstić information content (AvgIpc) is 3.18. The molecular formula is C23H27N3OS2. The predicted octanol–water partition coefficient (Wildman–Crippen LogP) is 5.49. The molecule has 29 heavy (non-hydrogen) atoms. The maximum absolute atomic E-state index is 13.1.